The lowest BCUT2D eigenvalue weighted by Crippen LogP contribution is -3.00. The molecule has 0 aliphatic rings. The second-order valence-corrected chi connectivity index (χ2v) is 3.63. The van der Waals surface area contributed by atoms with E-state index in [1.165, 1.54) is 6.92 Å². The quantitative estimate of drug-likeness (QED) is 0.407. The molecule has 0 fully saturated rings. The van der Waals surface area contributed by atoms with Gasteiger partial charge in [-0.2, -0.15) is 0 Å². The van der Waals surface area contributed by atoms with E-state index in [4.69, 9.17) is 4.74 Å². The number of carbonyl (C=O) groups excluding carboxylic acids is 1. The van der Waals surface area contributed by atoms with E-state index >= 15 is 0 Å². The Bertz CT molecular complexity index is 540. The molecule has 0 saturated carbocycles. The van der Waals surface area contributed by atoms with Crippen LogP contribution in [0.1, 0.15) is 13.8 Å². The number of benzene rings is 1. The number of hydrogen-bond acceptors (Lipinski definition) is 2. The number of esters is 1. The fraction of sp³-hybridized carbons (Fsp3) is 0.231. The molecule has 1 aromatic heterocycles. The Balaban J connectivity index is 0.00000144. The summed E-state index contributed by atoms with van der Waals surface area (Å²) in [7, 11) is 0. The van der Waals surface area contributed by atoms with Crippen molar-refractivity contribution in [2.45, 2.75) is 20.4 Å². The highest BCUT2D eigenvalue weighted by Gasteiger charge is 2.07. The van der Waals surface area contributed by atoms with Crippen molar-refractivity contribution in [1.82, 2.24) is 0 Å². The van der Waals surface area contributed by atoms with Crippen LogP contribution < -0.4 is 26.3 Å². The molecule has 0 spiro atoms. The predicted molar refractivity (Wildman–Crippen MR) is 61.1 cm³/mol. The number of aromatic nitrogens is 1. The summed E-state index contributed by atoms with van der Waals surface area (Å²) in [5, 5.41) is 2.03. The molecule has 0 atom stereocenters. The number of pyridine rings is 1. The van der Waals surface area contributed by atoms with Gasteiger partial charge in [-0.15, -0.1) is 0 Å². The minimum absolute atomic E-state index is 0. The molecule has 17 heavy (non-hydrogen) atoms. The van der Waals surface area contributed by atoms with Crippen molar-refractivity contribution in [3.63, 3.8) is 0 Å². The minimum atomic E-state index is -0.292. The first-order chi connectivity index (χ1) is 7.70. The number of ether oxygens (including phenoxy) is 1. The van der Waals surface area contributed by atoms with E-state index in [0.29, 0.717) is 5.75 Å². The normalized spacial score (nSPS) is 9.76. The number of aryl methyl sites for hydroxylation is 1. The molecule has 0 radical (unpaired) electrons. The summed E-state index contributed by atoms with van der Waals surface area (Å²) in [5.74, 6) is 0.327. The van der Waals surface area contributed by atoms with E-state index in [0.717, 1.165) is 17.3 Å². The van der Waals surface area contributed by atoms with Gasteiger partial charge in [0.2, 0.25) is 0 Å². The maximum absolute atomic E-state index is 11.0. The Morgan fingerprint density at radius 2 is 2.12 bits per heavy atom. The second kappa shape index (κ2) is 5.77. The van der Waals surface area contributed by atoms with Crippen LogP contribution >= 0.6 is 0 Å². The fourth-order valence-corrected chi connectivity index (χ4v) is 1.68. The average Bonchev–Trinajstić information content (AvgIpc) is 2.28. The SMILES string of the molecule is CC[n+]1ccc2c(OC(C)=O)cccc2c1.[Br-]. The van der Waals surface area contributed by atoms with E-state index in [-0.39, 0.29) is 23.0 Å². The zero-order chi connectivity index (χ0) is 11.5. The summed E-state index contributed by atoms with van der Waals surface area (Å²) < 4.78 is 7.24. The molecule has 2 rings (SSSR count). The van der Waals surface area contributed by atoms with Crippen LogP contribution in [0.25, 0.3) is 10.8 Å². The highest BCUT2D eigenvalue weighted by Crippen LogP contribution is 2.24. The first-order valence-electron chi connectivity index (χ1n) is 5.31. The van der Waals surface area contributed by atoms with Gasteiger partial charge >= 0.3 is 5.97 Å². The second-order valence-electron chi connectivity index (χ2n) is 3.63. The molecule has 0 unspecified atom stereocenters. The maximum atomic E-state index is 11.0. The molecule has 0 bridgehead atoms. The van der Waals surface area contributed by atoms with Gasteiger partial charge < -0.3 is 21.7 Å². The largest absolute Gasteiger partial charge is 1.00 e. The molecule has 90 valence electrons. The summed E-state index contributed by atoms with van der Waals surface area (Å²) in [6, 6.07) is 7.67. The molecule has 0 aliphatic carbocycles. The topological polar surface area (TPSA) is 30.2 Å². The van der Waals surface area contributed by atoms with E-state index in [9.17, 15) is 4.79 Å². The Morgan fingerprint density at radius 1 is 1.35 bits per heavy atom. The van der Waals surface area contributed by atoms with Crippen molar-refractivity contribution < 1.29 is 31.1 Å². The third-order valence-electron chi connectivity index (χ3n) is 2.46. The van der Waals surface area contributed by atoms with Crippen molar-refractivity contribution in [3.05, 3.63) is 36.7 Å². The number of carbonyl (C=O) groups is 1. The molecule has 3 nitrogen and oxygen atoms in total. The molecule has 1 heterocycles. The molecule has 0 aliphatic heterocycles. The minimum Gasteiger partial charge on any atom is -1.00 e. The summed E-state index contributed by atoms with van der Waals surface area (Å²) in [4.78, 5) is 11.0. The first-order valence-corrected chi connectivity index (χ1v) is 5.31. The fourth-order valence-electron chi connectivity index (χ4n) is 1.68. The lowest BCUT2D eigenvalue weighted by molar-refractivity contribution is -0.692. The molecule has 1 aromatic carbocycles. The van der Waals surface area contributed by atoms with Crippen molar-refractivity contribution in [3.8, 4) is 5.75 Å². The van der Waals surface area contributed by atoms with Gasteiger partial charge in [-0.05, 0) is 19.1 Å². The standard InChI is InChI=1S/C13H14NO2.BrH/c1-3-14-8-7-12-11(9-14)5-4-6-13(12)16-10(2)15;/h4-9H,3H2,1-2H3;1H/q+1;/p-1. The third kappa shape index (κ3) is 3.03. The summed E-state index contributed by atoms with van der Waals surface area (Å²) in [5.41, 5.74) is 0. The van der Waals surface area contributed by atoms with Crippen LogP contribution in [-0.4, -0.2) is 5.97 Å². The molecule has 0 amide bonds. The molecule has 4 heteroatoms. The molecular formula is C13H14BrNO2. The average molecular weight is 296 g/mol. The Kier molecular flexibility index (Phi) is 4.63. The number of fused-ring (bicyclic) bond motifs is 1. The molecular weight excluding hydrogens is 282 g/mol. The van der Waals surface area contributed by atoms with Crippen molar-refractivity contribution in [2.24, 2.45) is 0 Å². The monoisotopic (exact) mass is 295 g/mol. The number of rotatable bonds is 2. The summed E-state index contributed by atoms with van der Waals surface area (Å²) in [6.07, 6.45) is 4.03. The summed E-state index contributed by atoms with van der Waals surface area (Å²) in [6.45, 7) is 4.42. The van der Waals surface area contributed by atoms with Gasteiger partial charge in [0.25, 0.3) is 0 Å². The van der Waals surface area contributed by atoms with E-state index in [2.05, 4.69) is 11.5 Å². The Morgan fingerprint density at radius 3 is 2.76 bits per heavy atom. The van der Waals surface area contributed by atoms with Crippen molar-refractivity contribution >= 4 is 16.7 Å². The highest BCUT2D eigenvalue weighted by molar-refractivity contribution is 5.88. The number of nitrogens with zero attached hydrogens (tertiary/aromatic N) is 1. The van der Waals surface area contributed by atoms with Crippen LogP contribution in [-0.2, 0) is 11.3 Å². The van der Waals surface area contributed by atoms with Gasteiger partial charge in [0.1, 0.15) is 12.3 Å². The van der Waals surface area contributed by atoms with Crippen molar-refractivity contribution in [1.29, 1.82) is 0 Å². The lowest BCUT2D eigenvalue weighted by Gasteiger charge is -2.04. The van der Waals surface area contributed by atoms with Gasteiger partial charge in [-0.3, -0.25) is 4.79 Å². The van der Waals surface area contributed by atoms with Gasteiger partial charge in [-0.1, -0.05) is 6.07 Å². The Labute approximate surface area is 111 Å². The van der Waals surface area contributed by atoms with Crippen LogP contribution in [0.4, 0.5) is 0 Å². The van der Waals surface area contributed by atoms with Gasteiger partial charge in [-0.25, -0.2) is 4.57 Å². The molecule has 0 saturated heterocycles. The van der Waals surface area contributed by atoms with Crippen LogP contribution in [0.3, 0.4) is 0 Å². The van der Waals surface area contributed by atoms with Crippen LogP contribution in [0.15, 0.2) is 36.7 Å². The maximum Gasteiger partial charge on any atom is 0.308 e. The van der Waals surface area contributed by atoms with Gasteiger partial charge in [0.15, 0.2) is 12.4 Å². The Hall–Kier alpha value is -1.42. The zero-order valence-electron chi connectivity index (χ0n) is 9.81. The lowest BCUT2D eigenvalue weighted by atomic mass is 10.1. The van der Waals surface area contributed by atoms with E-state index < -0.39 is 0 Å². The van der Waals surface area contributed by atoms with E-state index in [1.54, 1.807) is 6.07 Å². The van der Waals surface area contributed by atoms with Crippen LogP contribution in [0.5, 0.6) is 5.75 Å². The van der Waals surface area contributed by atoms with Crippen molar-refractivity contribution in [2.75, 3.05) is 0 Å². The zero-order valence-corrected chi connectivity index (χ0v) is 11.4. The third-order valence-corrected chi connectivity index (χ3v) is 2.46. The number of hydrogen-bond donors (Lipinski definition) is 0. The highest BCUT2D eigenvalue weighted by atomic mass is 79.9. The molecule has 0 N–H and O–H groups in total. The summed E-state index contributed by atoms with van der Waals surface area (Å²) >= 11 is 0. The molecule has 2 aromatic rings. The van der Waals surface area contributed by atoms with Crippen LogP contribution in [0, 0.1) is 0 Å². The van der Waals surface area contributed by atoms with Gasteiger partial charge in [0.05, 0.1) is 0 Å². The predicted octanol–water partition coefficient (Wildman–Crippen LogP) is -0.923. The van der Waals surface area contributed by atoms with Crippen LogP contribution in [0.2, 0.25) is 0 Å². The van der Waals surface area contributed by atoms with Gasteiger partial charge in [0, 0.05) is 23.8 Å². The first kappa shape index (κ1) is 13.6. The number of halogens is 1. The smallest absolute Gasteiger partial charge is 0.308 e. The van der Waals surface area contributed by atoms with E-state index in [1.807, 2.05) is 30.6 Å².